The molecule has 3 aromatic carbocycles. The molecule has 0 aromatic heterocycles. The van der Waals surface area contributed by atoms with Gasteiger partial charge in [0.25, 0.3) is 0 Å². The topological polar surface area (TPSA) is 38.8 Å². The van der Waals surface area contributed by atoms with E-state index in [0.29, 0.717) is 6.61 Å². The van der Waals surface area contributed by atoms with Crippen LogP contribution in [0.1, 0.15) is 31.4 Å². The lowest BCUT2D eigenvalue weighted by Crippen LogP contribution is -2.56. The molecule has 1 fully saturated rings. The normalized spacial score (nSPS) is 17.9. The number of carbonyl (C=O) groups is 1. The van der Waals surface area contributed by atoms with Gasteiger partial charge in [-0.05, 0) is 41.8 Å². The Morgan fingerprint density at radius 3 is 2.35 bits per heavy atom. The van der Waals surface area contributed by atoms with E-state index in [4.69, 9.17) is 9.47 Å². The Morgan fingerprint density at radius 2 is 1.68 bits per heavy atom. The third-order valence-corrected chi connectivity index (χ3v) is 6.12. The molecule has 1 aliphatic rings. The number of benzene rings is 3. The third kappa shape index (κ3) is 4.28. The maximum absolute atomic E-state index is 12.8. The zero-order valence-corrected chi connectivity index (χ0v) is 18.7. The van der Waals surface area contributed by atoms with Crippen molar-refractivity contribution < 1.29 is 14.3 Å². The smallest absolute Gasteiger partial charge is 0.242 e. The molecule has 2 atom stereocenters. The van der Waals surface area contributed by atoms with Gasteiger partial charge in [-0.15, -0.1) is 0 Å². The van der Waals surface area contributed by atoms with E-state index in [9.17, 15) is 4.79 Å². The summed E-state index contributed by atoms with van der Waals surface area (Å²) in [5.41, 5.74) is 4.07. The molecule has 0 spiro atoms. The SMILES string of the molecule is CCCCOc1cc(OC)ccc1[C@@H]1[C@H](S)C(=O)N1c1ccc(-c2ccccc2)cc1. The molecule has 5 heteroatoms. The highest BCUT2D eigenvalue weighted by molar-refractivity contribution is 7.82. The van der Waals surface area contributed by atoms with Crippen molar-refractivity contribution in [2.75, 3.05) is 18.6 Å². The van der Waals surface area contributed by atoms with Gasteiger partial charge in [0, 0.05) is 17.3 Å². The predicted octanol–water partition coefficient (Wildman–Crippen LogP) is 5.93. The van der Waals surface area contributed by atoms with Crippen LogP contribution in [-0.4, -0.2) is 24.9 Å². The summed E-state index contributed by atoms with van der Waals surface area (Å²) in [6.45, 7) is 2.76. The molecule has 0 saturated carbocycles. The average Bonchev–Trinajstić information content (AvgIpc) is 2.83. The zero-order valence-electron chi connectivity index (χ0n) is 17.8. The van der Waals surface area contributed by atoms with Crippen LogP contribution in [0.15, 0.2) is 72.8 Å². The number of hydrogen-bond acceptors (Lipinski definition) is 4. The molecule has 3 aromatic rings. The van der Waals surface area contributed by atoms with E-state index in [1.807, 2.05) is 60.7 Å². The Hall–Kier alpha value is -2.92. The van der Waals surface area contributed by atoms with Crippen molar-refractivity contribution in [1.82, 2.24) is 0 Å². The minimum atomic E-state index is -0.407. The molecule has 0 N–H and O–H groups in total. The number of β-lactam (4-membered cyclic amide) rings is 1. The van der Waals surface area contributed by atoms with Gasteiger partial charge < -0.3 is 14.4 Å². The summed E-state index contributed by atoms with van der Waals surface area (Å²) in [5, 5.41) is -0.407. The van der Waals surface area contributed by atoms with E-state index in [-0.39, 0.29) is 11.9 Å². The predicted molar refractivity (Wildman–Crippen MR) is 128 cm³/mol. The highest BCUT2D eigenvalue weighted by Crippen LogP contribution is 2.46. The molecule has 31 heavy (non-hydrogen) atoms. The molecule has 0 bridgehead atoms. The van der Waals surface area contributed by atoms with E-state index in [1.165, 1.54) is 0 Å². The average molecular weight is 434 g/mol. The van der Waals surface area contributed by atoms with Crippen LogP contribution in [-0.2, 0) is 4.79 Å². The van der Waals surface area contributed by atoms with Gasteiger partial charge in [-0.1, -0.05) is 55.8 Å². The van der Waals surface area contributed by atoms with Crippen molar-refractivity contribution in [3.05, 3.63) is 78.4 Å². The summed E-state index contributed by atoms with van der Waals surface area (Å²) < 4.78 is 11.5. The fourth-order valence-electron chi connectivity index (χ4n) is 3.85. The second-order valence-corrected chi connectivity index (χ2v) is 8.17. The van der Waals surface area contributed by atoms with Crippen LogP contribution >= 0.6 is 12.6 Å². The number of nitrogens with zero attached hydrogens (tertiary/aromatic N) is 1. The first-order chi connectivity index (χ1) is 15.1. The largest absolute Gasteiger partial charge is 0.497 e. The maximum atomic E-state index is 12.8. The van der Waals surface area contributed by atoms with Crippen molar-refractivity contribution in [3.8, 4) is 22.6 Å². The fourth-order valence-corrected chi connectivity index (χ4v) is 4.27. The molecule has 1 heterocycles. The summed E-state index contributed by atoms with van der Waals surface area (Å²) in [7, 11) is 1.64. The molecular formula is C26H27NO3S. The first kappa shape index (κ1) is 21.3. The summed E-state index contributed by atoms with van der Waals surface area (Å²) in [5.74, 6) is 1.47. The van der Waals surface area contributed by atoms with Crippen LogP contribution in [0.5, 0.6) is 11.5 Å². The molecule has 4 nitrogen and oxygen atoms in total. The highest BCUT2D eigenvalue weighted by atomic mass is 32.1. The van der Waals surface area contributed by atoms with Crippen LogP contribution in [0.2, 0.25) is 0 Å². The quantitative estimate of drug-likeness (QED) is 0.272. The fraction of sp³-hybridized carbons (Fsp3) is 0.269. The van der Waals surface area contributed by atoms with Crippen LogP contribution in [0.3, 0.4) is 0 Å². The molecule has 0 radical (unpaired) electrons. The number of rotatable bonds is 8. The van der Waals surface area contributed by atoms with E-state index < -0.39 is 5.25 Å². The van der Waals surface area contributed by atoms with Crippen LogP contribution < -0.4 is 14.4 Å². The van der Waals surface area contributed by atoms with Gasteiger partial charge in [-0.25, -0.2) is 0 Å². The lowest BCUT2D eigenvalue weighted by molar-refractivity contribution is -0.123. The van der Waals surface area contributed by atoms with Crippen LogP contribution in [0, 0.1) is 0 Å². The first-order valence-corrected chi connectivity index (χ1v) is 11.1. The second-order valence-electron chi connectivity index (χ2n) is 7.62. The van der Waals surface area contributed by atoms with E-state index in [1.54, 1.807) is 12.0 Å². The Kier molecular flexibility index (Phi) is 6.52. The van der Waals surface area contributed by atoms with Crippen molar-refractivity contribution in [1.29, 1.82) is 0 Å². The Morgan fingerprint density at radius 1 is 0.968 bits per heavy atom. The molecule has 160 valence electrons. The van der Waals surface area contributed by atoms with Gasteiger partial charge in [-0.2, -0.15) is 12.6 Å². The summed E-state index contributed by atoms with van der Waals surface area (Å²) >= 11 is 4.60. The van der Waals surface area contributed by atoms with E-state index in [2.05, 4.69) is 31.7 Å². The van der Waals surface area contributed by atoms with Crippen molar-refractivity contribution in [3.63, 3.8) is 0 Å². The molecule has 0 aliphatic carbocycles. The molecule has 1 saturated heterocycles. The van der Waals surface area contributed by atoms with Crippen molar-refractivity contribution in [2.45, 2.75) is 31.1 Å². The molecular weight excluding hydrogens is 406 g/mol. The molecule has 4 rings (SSSR count). The Balaban J connectivity index is 1.63. The van der Waals surface area contributed by atoms with Gasteiger partial charge in [-0.3, -0.25) is 4.79 Å². The highest BCUT2D eigenvalue weighted by Gasteiger charge is 2.48. The lowest BCUT2D eigenvalue weighted by atomic mass is 9.91. The maximum Gasteiger partial charge on any atom is 0.242 e. The van der Waals surface area contributed by atoms with E-state index >= 15 is 0 Å². The summed E-state index contributed by atoms with van der Waals surface area (Å²) in [6, 6.07) is 23.9. The van der Waals surface area contributed by atoms with Crippen molar-refractivity contribution >= 4 is 24.2 Å². The third-order valence-electron chi connectivity index (χ3n) is 5.62. The minimum Gasteiger partial charge on any atom is -0.497 e. The summed E-state index contributed by atoms with van der Waals surface area (Å²) in [6.07, 6.45) is 2.02. The summed E-state index contributed by atoms with van der Waals surface area (Å²) in [4.78, 5) is 14.6. The van der Waals surface area contributed by atoms with Gasteiger partial charge in [0.2, 0.25) is 5.91 Å². The van der Waals surface area contributed by atoms with Gasteiger partial charge in [0.05, 0.1) is 19.8 Å². The molecule has 1 aliphatic heterocycles. The standard InChI is InChI=1S/C26H27NO3S/c1-3-4-16-30-23-17-21(29-2)14-15-22(23)24-25(31)26(28)27(24)20-12-10-19(11-13-20)18-8-6-5-7-9-18/h5-15,17,24-25,31H,3-4,16H2,1-2H3/t24-,25+/m1/s1. The van der Waals surface area contributed by atoms with Crippen LogP contribution in [0.4, 0.5) is 5.69 Å². The number of amides is 1. The molecule has 1 amide bonds. The van der Waals surface area contributed by atoms with Gasteiger partial charge in [0.1, 0.15) is 16.7 Å². The molecule has 0 unspecified atom stereocenters. The lowest BCUT2D eigenvalue weighted by Gasteiger charge is -2.45. The van der Waals surface area contributed by atoms with E-state index in [0.717, 1.165) is 46.7 Å². The van der Waals surface area contributed by atoms with Crippen molar-refractivity contribution in [2.24, 2.45) is 0 Å². The van der Waals surface area contributed by atoms with Gasteiger partial charge >= 0.3 is 0 Å². The Labute approximate surface area is 189 Å². The van der Waals surface area contributed by atoms with Gasteiger partial charge in [0.15, 0.2) is 0 Å². The Bertz CT molecular complexity index is 1040. The first-order valence-electron chi connectivity index (χ1n) is 10.6. The number of carbonyl (C=O) groups excluding carboxylic acids is 1. The zero-order chi connectivity index (χ0) is 21.8. The second kappa shape index (κ2) is 9.48. The monoisotopic (exact) mass is 433 g/mol. The number of methoxy groups -OCH3 is 1. The number of ether oxygens (including phenoxy) is 2. The van der Waals surface area contributed by atoms with Crippen LogP contribution in [0.25, 0.3) is 11.1 Å². The number of anilines is 1. The number of unbranched alkanes of at least 4 members (excludes halogenated alkanes) is 1. The number of thiol groups is 1. The number of hydrogen-bond donors (Lipinski definition) is 1. The minimum absolute atomic E-state index is 0.00359.